The van der Waals surface area contributed by atoms with Gasteiger partial charge in [-0.2, -0.15) is 0 Å². The molecule has 0 atom stereocenters. The molecular formula is C7H5BrClFO2S. The monoisotopic (exact) mass is 286 g/mol. The molecule has 0 aliphatic carbocycles. The highest BCUT2D eigenvalue weighted by Crippen LogP contribution is 2.28. The molecule has 1 rings (SSSR count). The van der Waals surface area contributed by atoms with E-state index in [1.807, 2.05) is 0 Å². The molecule has 0 unspecified atom stereocenters. The quantitative estimate of drug-likeness (QED) is 0.744. The molecule has 0 aliphatic heterocycles. The number of hydrogen-bond donors (Lipinski definition) is 0. The maximum absolute atomic E-state index is 13.1. The molecule has 0 heterocycles. The van der Waals surface area contributed by atoms with Crippen molar-refractivity contribution in [2.75, 3.05) is 0 Å². The van der Waals surface area contributed by atoms with E-state index in [4.69, 9.17) is 10.7 Å². The molecule has 6 heteroatoms. The lowest BCUT2D eigenvalue weighted by Gasteiger charge is -2.02. The van der Waals surface area contributed by atoms with Crippen LogP contribution in [-0.2, 0) is 9.05 Å². The molecule has 1 aromatic rings. The second-order valence-electron chi connectivity index (χ2n) is 2.50. The zero-order valence-electron chi connectivity index (χ0n) is 6.51. The molecule has 0 amide bonds. The highest BCUT2D eigenvalue weighted by atomic mass is 79.9. The third-order valence-electron chi connectivity index (χ3n) is 1.39. The maximum Gasteiger partial charge on any atom is 0.265 e. The van der Waals surface area contributed by atoms with Crippen LogP contribution in [0.1, 0.15) is 5.56 Å². The van der Waals surface area contributed by atoms with E-state index in [1.165, 1.54) is 6.07 Å². The van der Waals surface area contributed by atoms with Gasteiger partial charge in [0.25, 0.3) is 9.05 Å². The summed E-state index contributed by atoms with van der Waals surface area (Å²) in [5, 5.41) is 0. The number of rotatable bonds is 1. The Morgan fingerprint density at radius 2 is 2.00 bits per heavy atom. The van der Waals surface area contributed by atoms with Crippen LogP contribution < -0.4 is 0 Å². The molecule has 0 saturated heterocycles. The summed E-state index contributed by atoms with van der Waals surface area (Å²) in [6.45, 7) is 1.65. The molecule has 0 fully saturated rings. The van der Waals surface area contributed by atoms with Crippen LogP contribution in [-0.4, -0.2) is 8.42 Å². The molecule has 0 aromatic heterocycles. The number of halogens is 3. The van der Waals surface area contributed by atoms with E-state index in [0.717, 1.165) is 6.07 Å². The smallest absolute Gasteiger partial charge is 0.207 e. The molecule has 1 aromatic carbocycles. The lowest BCUT2D eigenvalue weighted by molar-refractivity contribution is 0.573. The molecule has 0 bridgehead atoms. The van der Waals surface area contributed by atoms with Crippen molar-refractivity contribution >= 4 is 35.7 Å². The lowest BCUT2D eigenvalue weighted by Crippen LogP contribution is -1.97. The Kier molecular flexibility index (Phi) is 2.99. The van der Waals surface area contributed by atoms with E-state index < -0.39 is 19.8 Å². The normalized spacial score (nSPS) is 11.7. The fraction of sp³-hybridized carbons (Fsp3) is 0.143. The van der Waals surface area contributed by atoms with Crippen LogP contribution in [0.2, 0.25) is 0 Å². The predicted molar refractivity (Wildman–Crippen MR) is 51.9 cm³/mol. The SMILES string of the molecule is Cc1cc(F)c(S(=O)(=O)Cl)c(Br)c1. The Bertz CT molecular complexity index is 421. The zero-order valence-corrected chi connectivity index (χ0v) is 9.67. The van der Waals surface area contributed by atoms with Gasteiger partial charge in [-0.15, -0.1) is 0 Å². The van der Waals surface area contributed by atoms with Crippen molar-refractivity contribution < 1.29 is 12.8 Å². The first-order chi connectivity index (χ1) is 5.82. The first kappa shape index (κ1) is 10.9. The van der Waals surface area contributed by atoms with E-state index in [0.29, 0.717) is 5.56 Å². The van der Waals surface area contributed by atoms with Crippen LogP contribution in [0.25, 0.3) is 0 Å². The molecule has 72 valence electrons. The first-order valence-electron chi connectivity index (χ1n) is 3.22. The molecule has 0 aliphatic rings. The van der Waals surface area contributed by atoms with Gasteiger partial charge in [-0.25, -0.2) is 12.8 Å². The van der Waals surface area contributed by atoms with Crippen LogP contribution in [0, 0.1) is 12.7 Å². The summed E-state index contributed by atoms with van der Waals surface area (Å²) in [5.74, 6) is -0.845. The largest absolute Gasteiger partial charge is 0.265 e. The lowest BCUT2D eigenvalue weighted by atomic mass is 10.2. The Morgan fingerprint density at radius 1 is 1.46 bits per heavy atom. The minimum atomic E-state index is -4.03. The summed E-state index contributed by atoms with van der Waals surface area (Å²) >= 11 is 2.93. The average Bonchev–Trinajstić information content (AvgIpc) is 1.78. The van der Waals surface area contributed by atoms with Crippen LogP contribution in [0.15, 0.2) is 21.5 Å². The van der Waals surface area contributed by atoms with Gasteiger partial charge in [-0.05, 0) is 40.5 Å². The van der Waals surface area contributed by atoms with E-state index in [2.05, 4.69) is 15.9 Å². The van der Waals surface area contributed by atoms with Gasteiger partial charge < -0.3 is 0 Å². The zero-order chi connectivity index (χ0) is 10.2. The van der Waals surface area contributed by atoms with Gasteiger partial charge in [-0.3, -0.25) is 0 Å². The Balaban J connectivity index is 3.57. The topological polar surface area (TPSA) is 34.1 Å². The summed E-state index contributed by atoms with van der Waals surface area (Å²) < 4.78 is 35.0. The van der Waals surface area contributed by atoms with Crippen LogP contribution in [0.4, 0.5) is 4.39 Å². The Morgan fingerprint density at radius 3 is 2.38 bits per heavy atom. The Hall–Kier alpha value is -0.130. The maximum atomic E-state index is 13.1. The minimum Gasteiger partial charge on any atom is -0.207 e. The van der Waals surface area contributed by atoms with Gasteiger partial charge in [0.15, 0.2) is 0 Å². The summed E-state index contributed by atoms with van der Waals surface area (Å²) in [7, 11) is 0.993. The molecule has 0 N–H and O–H groups in total. The van der Waals surface area contributed by atoms with Crippen molar-refractivity contribution in [2.45, 2.75) is 11.8 Å². The van der Waals surface area contributed by atoms with Crippen molar-refractivity contribution in [3.05, 3.63) is 28.0 Å². The van der Waals surface area contributed by atoms with Gasteiger partial charge in [0.2, 0.25) is 0 Å². The van der Waals surface area contributed by atoms with Gasteiger partial charge in [0.05, 0.1) is 0 Å². The molecule has 0 radical (unpaired) electrons. The van der Waals surface area contributed by atoms with Crippen LogP contribution >= 0.6 is 26.6 Å². The Labute approximate surface area is 88.3 Å². The van der Waals surface area contributed by atoms with Crippen molar-refractivity contribution in [3.63, 3.8) is 0 Å². The molecule has 0 spiro atoms. The number of benzene rings is 1. The highest BCUT2D eigenvalue weighted by molar-refractivity contribution is 9.10. The van der Waals surface area contributed by atoms with Crippen molar-refractivity contribution in [1.29, 1.82) is 0 Å². The van der Waals surface area contributed by atoms with Gasteiger partial charge >= 0.3 is 0 Å². The molecule has 2 nitrogen and oxygen atoms in total. The standard InChI is InChI=1S/C7H5BrClFO2S/c1-4-2-5(8)7(6(10)3-4)13(9,11)12/h2-3H,1H3. The highest BCUT2D eigenvalue weighted by Gasteiger charge is 2.20. The minimum absolute atomic E-state index is 0.139. The van der Waals surface area contributed by atoms with Gasteiger partial charge in [0, 0.05) is 15.2 Å². The third kappa shape index (κ3) is 2.42. The van der Waals surface area contributed by atoms with Crippen molar-refractivity contribution in [1.82, 2.24) is 0 Å². The number of hydrogen-bond acceptors (Lipinski definition) is 2. The van der Waals surface area contributed by atoms with Crippen LogP contribution in [0.5, 0.6) is 0 Å². The molecule has 0 saturated carbocycles. The first-order valence-corrected chi connectivity index (χ1v) is 6.33. The van der Waals surface area contributed by atoms with Crippen molar-refractivity contribution in [2.24, 2.45) is 0 Å². The van der Waals surface area contributed by atoms with Gasteiger partial charge in [-0.1, -0.05) is 0 Å². The summed E-state index contributed by atoms with van der Waals surface area (Å²) in [4.78, 5) is -0.514. The fourth-order valence-electron chi connectivity index (χ4n) is 0.920. The van der Waals surface area contributed by atoms with E-state index in [1.54, 1.807) is 6.92 Å². The van der Waals surface area contributed by atoms with E-state index in [-0.39, 0.29) is 4.47 Å². The summed E-state index contributed by atoms with van der Waals surface area (Å²) in [6.07, 6.45) is 0. The third-order valence-corrected chi connectivity index (χ3v) is 3.64. The predicted octanol–water partition coefficient (Wildman–Crippen LogP) is 2.82. The van der Waals surface area contributed by atoms with E-state index >= 15 is 0 Å². The van der Waals surface area contributed by atoms with E-state index in [9.17, 15) is 12.8 Å². The summed E-state index contributed by atoms with van der Waals surface area (Å²) in [6, 6.07) is 2.60. The second-order valence-corrected chi connectivity index (χ2v) is 5.85. The average molecular weight is 288 g/mol. The summed E-state index contributed by atoms with van der Waals surface area (Å²) in [5.41, 5.74) is 0.619. The van der Waals surface area contributed by atoms with Crippen molar-refractivity contribution in [3.8, 4) is 0 Å². The molecule has 13 heavy (non-hydrogen) atoms. The number of aryl methyl sites for hydroxylation is 1. The fourth-order valence-corrected chi connectivity index (χ4v) is 3.44. The van der Waals surface area contributed by atoms with Gasteiger partial charge in [0.1, 0.15) is 10.7 Å². The van der Waals surface area contributed by atoms with Crippen LogP contribution in [0.3, 0.4) is 0 Å². The second kappa shape index (κ2) is 3.55. The molecular weight excluding hydrogens is 282 g/mol.